The van der Waals surface area contributed by atoms with Crippen molar-refractivity contribution in [2.45, 2.75) is 12.8 Å². The maximum atomic E-state index is 12.2. The molecular formula is C22H23N3O5. The first kappa shape index (κ1) is 20.9. The van der Waals surface area contributed by atoms with Gasteiger partial charge in [-0.15, -0.1) is 0 Å². The lowest BCUT2D eigenvalue weighted by atomic mass is 10.2. The van der Waals surface area contributed by atoms with E-state index in [1.165, 1.54) is 13.2 Å². The van der Waals surface area contributed by atoms with Gasteiger partial charge in [0.1, 0.15) is 0 Å². The number of hydrazine groups is 1. The Morgan fingerprint density at radius 2 is 1.63 bits per heavy atom. The van der Waals surface area contributed by atoms with Crippen LogP contribution in [0.15, 0.2) is 48.5 Å². The van der Waals surface area contributed by atoms with Gasteiger partial charge in [-0.3, -0.25) is 25.2 Å². The molecule has 0 atom stereocenters. The largest absolute Gasteiger partial charge is 0.493 e. The van der Waals surface area contributed by atoms with Crippen LogP contribution in [-0.4, -0.2) is 31.9 Å². The number of carbonyl (C=O) groups excluding carboxylic acids is 3. The highest BCUT2D eigenvalue weighted by Gasteiger charge is 2.29. The van der Waals surface area contributed by atoms with E-state index in [4.69, 9.17) is 9.47 Å². The summed E-state index contributed by atoms with van der Waals surface area (Å²) in [6, 6.07) is 11.7. The zero-order valence-corrected chi connectivity index (χ0v) is 16.7. The number of hydrogen-bond acceptors (Lipinski definition) is 5. The molecule has 1 fully saturated rings. The number of anilines is 1. The lowest BCUT2D eigenvalue weighted by Gasteiger charge is -2.08. The van der Waals surface area contributed by atoms with Crippen molar-refractivity contribution in [3.63, 3.8) is 0 Å². The van der Waals surface area contributed by atoms with Gasteiger partial charge in [0.25, 0.3) is 11.8 Å². The van der Waals surface area contributed by atoms with E-state index in [1.54, 1.807) is 55.7 Å². The van der Waals surface area contributed by atoms with Gasteiger partial charge in [-0.25, -0.2) is 0 Å². The smallest absolute Gasteiger partial charge is 0.269 e. The van der Waals surface area contributed by atoms with Crippen LogP contribution in [0.25, 0.3) is 6.08 Å². The van der Waals surface area contributed by atoms with Crippen molar-refractivity contribution in [3.05, 3.63) is 59.7 Å². The number of nitrogens with one attached hydrogen (secondary N) is 3. The maximum absolute atomic E-state index is 12.2. The first-order valence-electron chi connectivity index (χ1n) is 9.41. The SMILES string of the molecule is COc1ccc(/C=C/C(=O)NNC(=O)c2ccc(NC(=O)C3CC3)cc2)cc1OC. The van der Waals surface area contributed by atoms with E-state index in [2.05, 4.69) is 16.2 Å². The molecule has 0 unspecified atom stereocenters. The molecule has 0 radical (unpaired) electrons. The molecule has 3 rings (SSSR count). The van der Waals surface area contributed by atoms with Crippen LogP contribution in [0.2, 0.25) is 0 Å². The molecule has 1 saturated carbocycles. The van der Waals surface area contributed by atoms with Gasteiger partial charge >= 0.3 is 0 Å². The third-order valence-electron chi connectivity index (χ3n) is 4.50. The van der Waals surface area contributed by atoms with Gasteiger partial charge in [-0.2, -0.15) is 0 Å². The third kappa shape index (κ3) is 5.60. The van der Waals surface area contributed by atoms with Gasteiger partial charge in [0.15, 0.2) is 11.5 Å². The van der Waals surface area contributed by atoms with Crippen LogP contribution in [0.4, 0.5) is 5.69 Å². The minimum atomic E-state index is -0.494. The average Bonchev–Trinajstić information content (AvgIpc) is 3.62. The Labute approximate surface area is 174 Å². The number of ether oxygens (including phenoxy) is 2. The van der Waals surface area contributed by atoms with E-state index >= 15 is 0 Å². The van der Waals surface area contributed by atoms with E-state index < -0.39 is 11.8 Å². The molecule has 30 heavy (non-hydrogen) atoms. The van der Waals surface area contributed by atoms with Crippen molar-refractivity contribution in [1.29, 1.82) is 0 Å². The summed E-state index contributed by atoms with van der Waals surface area (Å²) < 4.78 is 10.4. The second-order valence-corrected chi connectivity index (χ2v) is 6.73. The predicted molar refractivity (Wildman–Crippen MR) is 112 cm³/mol. The molecule has 3 N–H and O–H groups in total. The van der Waals surface area contributed by atoms with Crippen molar-refractivity contribution in [2.75, 3.05) is 19.5 Å². The number of hydrogen-bond donors (Lipinski definition) is 3. The first-order valence-corrected chi connectivity index (χ1v) is 9.41. The Morgan fingerprint density at radius 3 is 2.27 bits per heavy atom. The summed E-state index contributed by atoms with van der Waals surface area (Å²) in [6.45, 7) is 0. The summed E-state index contributed by atoms with van der Waals surface area (Å²) in [6.07, 6.45) is 4.72. The zero-order chi connectivity index (χ0) is 21.5. The quantitative estimate of drug-likeness (QED) is 0.481. The topological polar surface area (TPSA) is 106 Å². The molecule has 0 saturated heterocycles. The molecule has 1 aliphatic carbocycles. The van der Waals surface area contributed by atoms with Gasteiger partial charge in [0.2, 0.25) is 5.91 Å². The Bertz CT molecular complexity index is 965. The van der Waals surface area contributed by atoms with E-state index in [9.17, 15) is 14.4 Å². The minimum Gasteiger partial charge on any atom is -0.493 e. The van der Waals surface area contributed by atoms with Crippen molar-refractivity contribution in [2.24, 2.45) is 5.92 Å². The predicted octanol–water partition coefficient (Wildman–Crippen LogP) is 2.53. The highest BCUT2D eigenvalue weighted by molar-refractivity contribution is 5.99. The fourth-order valence-corrected chi connectivity index (χ4v) is 2.66. The van der Waals surface area contributed by atoms with Crippen LogP contribution in [0.5, 0.6) is 11.5 Å². The van der Waals surface area contributed by atoms with Gasteiger partial charge < -0.3 is 14.8 Å². The van der Waals surface area contributed by atoms with E-state index in [-0.39, 0.29) is 11.8 Å². The standard InChI is InChI=1S/C22H23N3O5/c1-29-18-11-3-14(13-19(18)30-2)4-12-20(26)24-25-22(28)16-7-9-17(10-8-16)23-21(27)15-5-6-15/h3-4,7-13,15H,5-6H2,1-2H3,(H,23,27)(H,24,26)(H,25,28)/b12-4+. The maximum Gasteiger partial charge on any atom is 0.269 e. The summed E-state index contributed by atoms with van der Waals surface area (Å²) >= 11 is 0. The van der Waals surface area contributed by atoms with Gasteiger partial charge in [0, 0.05) is 23.2 Å². The van der Waals surface area contributed by atoms with E-state index in [1.807, 2.05) is 0 Å². The van der Waals surface area contributed by atoms with Crippen LogP contribution >= 0.6 is 0 Å². The van der Waals surface area contributed by atoms with Crippen LogP contribution in [0.1, 0.15) is 28.8 Å². The van der Waals surface area contributed by atoms with Crippen LogP contribution in [0, 0.1) is 5.92 Å². The molecule has 0 aromatic heterocycles. The first-order chi connectivity index (χ1) is 14.5. The van der Waals surface area contributed by atoms with E-state index in [0.29, 0.717) is 22.7 Å². The molecule has 0 spiro atoms. The molecular weight excluding hydrogens is 386 g/mol. The number of amides is 3. The highest BCUT2D eigenvalue weighted by atomic mass is 16.5. The molecule has 2 aromatic rings. The Kier molecular flexibility index (Phi) is 6.69. The van der Waals surface area contributed by atoms with Crippen molar-refractivity contribution in [1.82, 2.24) is 10.9 Å². The lowest BCUT2D eigenvalue weighted by Crippen LogP contribution is -2.40. The molecule has 1 aliphatic rings. The third-order valence-corrected chi connectivity index (χ3v) is 4.50. The Hall–Kier alpha value is -3.81. The molecule has 8 nitrogen and oxygen atoms in total. The summed E-state index contributed by atoms with van der Waals surface area (Å²) in [7, 11) is 3.07. The fraction of sp³-hybridized carbons (Fsp3) is 0.227. The number of methoxy groups -OCH3 is 2. The minimum absolute atomic E-state index is 0.000678. The molecule has 0 aliphatic heterocycles. The summed E-state index contributed by atoms with van der Waals surface area (Å²) in [4.78, 5) is 35.9. The number of benzene rings is 2. The highest BCUT2D eigenvalue weighted by Crippen LogP contribution is 2.30. The summed E-state index contributed by atoms with van der Waals surface area (Å²) in [5.41, 5.74) is 6.38. The average molecular weight is 409 g/mol. The van der Waals surface area contributed by atoms with Crippen molar-refractivity contribution < 1.29 is 23.9 Å². The van der Waals surface area contributed by atoms with E-state index in [0.717, 1.165) is 18.4 Å². The van der Waals surface area contributed by atoms with Crippen LogP contribution in [0.3, 0.4) is 0 Å². The lowest BCUT2D eigenvalue weighted by molar-refractivity contribution is -0.118. The molecule has 8 heteroatoms. The van der Waals surface area contributed by atoms with Crippen LogP contribution < -0.4 is 25.6 Å². The van der Waals surface area contributed by atoms with Crippen molar-refractivity contribution >= 4 is 29.5 Å². The zero-order valence-electron chi connectivity index (χ0n) is 16.7. The normalized spacial score (nSPS) is 12.9. The summed E-state index contributed by atoms with van der Waals surface area (Å²) in [5.74, 6) is 0.278. The van der Waals surface area contributed by atoms with Gasteiger partial charge in [-0.05, 0) is 60.9 Å². The number of carbonyl (C=O) groups is 3. The van der Waals surface area contributed by atoms with Crippen LogP contribution in [-0.2, 0) is 9.59 Å². The molecule has 0 bridgehead atoms. The van der Waals surface area contributed by atoms with Crippen molar-refractivity contribution in [3.8, 4) is 11.5 Å². The molecule has 0 heterocycles. The molecule has 2 aromatic carbocycles. The van der Waals surface area contributed by atoms with Gasteiger partial charge in [-0.1, -0.05) is 6.07 Å². The Morgan fingerprint density at radius 1 is 0.933 bits per heavy atom. The second-order valence-electron chi connectivity index (χ2n) is 6.73. The molecule has 3 amide bonds. The second kappa shape index (κ2) is 9.60. The molecule has 156 valence electrons. The fourth-order valence-electron chi connectivity index (χ4n) is 2.66. The Balaban J connectivity index is 1.49. The van der Waals surface area contributed by atoms with Gasteiger partial charge in [0.05, 0.1) is 14.2 Å². The monoisotopic (exact) mass is 409 g/mol. The summed E-state index contributed by atoms with van der Waals surface area (Å²) in [5, 5.41) is 2.80. The number of rotatable bonds is 7.